The molecule has 2 heterocycles. The van der Waals surface area contributed by atoms with Crippen LogP contribution in [0, 0.1) is 5.82 Å². The predicted octanol–water partition coefficient (Wildman–Crippen LogP) is 0.521. The number of amides is 2. The Morgan fingerprint density at radius 2 is 2.17 bits per heavy atom. The van der Waals surface area contributed by atoms with Crippen LogP contribution in [0.5, 0.6) is 0 Å². The number of benzene rings is 1. The zero-order valence-corrected chi connectivity index (χ0v) is 13.5. The number of rotatable bonds is 4. The number of anilines is 1. The summed E-state index contributed by atoms with van der Waals surface area (Å²) in [6.07, 6.45) is -1.10. The summed E-state index contributed by atoms with van der Waals surface area (Å²) < 4.78 is 19.8. The number of ether oxygens (including phenoxy) is 1. The monoisotopic (exact) mass is 336 g/mol. The molecule has 1 aromatic carbocycles. The Morgan fingerprint density at radius 3 is 2.75 bits per heavy atom. The van der Waals surface area contributed by atoms with Gasteiger partial charge >= 0.3 is 6.09 Å². The van der Waals surface area contributed by atoms with Gasteiger partial charge in [0.15, 0.2) is 0 Å². The first kappa shape index (κ1) is 16.5. The largest absolute Gasteiger partial charge is 0.442 e. The number of piperazine rings is 1. The normalized spacial score (nSPS) is 21.8. The van der Waals surface area contributed by atoms with Crippen LogP contribution in [-0.2, 0) is 9.53 Å². The van der Waals surface area contributed by atoms with Crippen LogP contribution < -0.4 is 20.9 Å². The van der Waals surface area contributed by atoms with Gasteiger partial charge in [-0.2, -0.15) is 0 Å². The molecule has 2 saturated heterocycles. The molecular weight excluding hydrogens is 315 g/mol. The smallest absolute Gasteiger partial charge is 0.407 e. The van der Waals surface area contributed by atoms with Crippen LogP contribution in [0.15, 0.2) is 18.2 Å². The quantitative estimate of drug-likeness (QED) is 0.747. The van der Waals surface area contributed by atoms with E-state index in [-0.39, 0.29) is 18.3 Å². The third-order valence-electron chi connectivity index (χ3n) is 4.23. The van der Waals surface area contributed by atoms with Gasteiger partial charge in [-0.3, -0.25) is 4.79 Å². The van der Waals surface area contributed by atoms with Crippen molar-refractivity contribution in [1.29, 1.82) is 0 Å². The lowest BCUT2D eigenvalue weighted by molar-refractivity contribution is -0.120. The molecular formula is C16H21FN4O3. The highest BCUT2D eigenvalue weighted by molar-refractivity contribution is 5.74. The number of cyclic esters (lactones) is 1. The molecule has 2 aliphatic rings. The van der Waals surface area contributed by atoms with Crippen molar-refractivity contribution in [2.45, 2.75) is 19.1 Å². The molecule has 2 unspecified atom stereocenters. The second-order valence-electron chi connectivity index (χ2n) is 5.95. The Labute approximate surface area is 139 Å². The van der Waals surface area contributed by atoms with Gasteiger partial charge in [-0.25, -0.2) is 9.18 Å². The van der Waals surface area contributed by atoms with E-state index in [2.05, 4.69) is 16.0 Å². The molecule has 3 N–H and O–H groups in total. The van der Waals surface area contributed by atoms with Crippen LogP contribution in [0.3, 0.4) is 0 Å². The maximum absolute atomic E-state index is 14.6. The molecule has 8 heteroatoms. The van der Waals surface area contributed by atoms with Crippen LogP contribution in [0.2, 0.25) is 0 Å². The van der Waals surface area contributed by atoms with E-state index < -0.39 is 18.2 Å². The minimum Gasteiger partial charge on any atom is -0.442 e. The number of alkyl carbamates (subject to hydrolysis) is 1. The molecule has 0 aliphatic carbocycles. The summed E-state index contributed by atoms with van der Waals surface area (Å²) in [5, 5.41) is 8.52. The zero-order chi connectivity index (χ0) is 17.1. The number of nitrogens with one attached hydrogen (secondary N) is 3. The van der Waals surface area contributed by atoms with Crippen molar-refractivity contribution in [2.24, 2.45) is 0 Å². The first-order chi connectivity index (χ1) is 11.5. The van der Waals surface area contributed by atoms with E-state index in [0.29, 0.717) is 11.3 Å². The summed E-state index contributed by atoms with van der Waals surface area (Å²) in [6, 6.07) is 4.31. The van der Waals surface area contributed by atoms with Crippen LogP contribution in [-0.4, -0.2) is 50.8 Å². The van der Waals surface area contributed by atoms with Crippen molar-refractivity contribution in [3.05, 3.63) is 29.6 Å². The van der Waals surface area contributed by atoms with Gasteiger partial charge in [-0.05, 0) is 17.7 Å². The summed E-state index contributed by atoms with van der Waals surface area (Å²) in [4.78, 5) is 24.7. The van der Waals surface area contributed by atoms with E-state index in [9.17, 15) is 14.0 Å². The number of hydrogen-bond acceptors (Lipinski definition) is 5. The fourth-order valence-corrected chi connectivity index (χ4v) is 3.08. The van der Waals surface area contributed by atoms with Gasteiger partial charge in [0.1, 0.15) is 11.9 Å². The molecule has 2 fully saturated rings. The molecule has 0 aromatic heterocycles. The second kappa shape index (κ2) is 7.04. The van der Waals surface area contributed by atoms with Gasteiger partial charge in [-0.15, -0.1) is 0 Å². The lowest BCUT2D eigenvalue weighted by Crippen LogP contribution is -2.44. The summed E-state index contributed by atoms with van der Waals surface area (Å²) in [6.45, 7) is 4.78. The highest BCUT2D eigenvalue weighted by Gasteiger charge is 2.33. The van der Waals surface area contributed by atoms with Crippen LogP contribution in [0.25, 0.3) is 0 Å². The molecule has 7 nitrogen and oxygen atoms in total. The molecule has 0 bridgehead atoms. The minimum absolute atomic E-state index is 0.269. The Bertz CT molecular complexity index is 634. The number of hydrogen-bond donors (Lipinski definition) is 3. The molecule has 2 atom stereocenters. The van der Waals surface area contributed by atoms with Crippen molar-refractivity contribution in [1.82, 2.24) is 16.0 Å². The Kier molecular flexibility index (Phi) is 4.84. The molecule has 3 rings (SSSR count). The SMILES string of the molecule is CC(=O)NC(c1ccc(N2CCNCC2)c(F)c1)C1CNC(=O)O1. The molecule has 0 saturated carbocycles. The van der Waals surface area contributed by atoms with Crippen molar-refractivity contribution in [2.75, 3.05) is 37.6 Å². The van der Waals surface area contributed by atoms with Crippen molar-refractivity contribution >= 4 is 17.7 Å². The second-order valence-corrected chi connectivity index (χ2v) is 5.95. The van der Waals surface area contributed by atoms with E-state index >= 15 is 0 Å². The summed E-state index contributed by atoms with van der Waals surface area (Å²) in [5.74, 6) is -0.614. The van der Waals surface area contributed by atoms with Gasteiger partial charge in [-0.1, -0.05) is 6.07 Å². The van der Waals surface area contributed by atoms with Crippen LogP contribution >= 0.6 is 0 Å². The maximum Gasteiger partial charge on any atom is 0.407 e. The lowest BCUT2D eigenvalue weighted by atomic mass is 10.00. The topological polar surface area (TPSA) is 82.7 Å². The van der Waals surface area contributed by atoms with Gasteiger partial charge < -0.3 is 25.6 Å². The van der Waals surface area contributed by atoms with E-state index in [1.807, 2.05) is 4.90 Å². The van der Waals surface area contributed by atoms with Gasteiger partial charge in [0, 0.05) is 33.1 Å². The average Bonchev–Trinajstić information content (AvgIpc) is 2.99. The van der Waals surface area contributed by atoms with E-state index in [0.717, 1.165) is 26.2 Å². The Hall–Kier alpha value is -2.35. The Morgan fingerprint density at radius 1 is 1.42 bits per heavy atom. The minimum atomic E-state index is -0.590. The molecule has 0 radical (unpaired) electrons. The molecule has 130 valence electrons. The van der Waals surface area contributed by atoms with Crippen molar-refractivity contribution in [3.8, 4) is 0 Å². The van der Waals surface area contributed by atoms with Crippen LogP contribution in [0.1, 0.15) is 18.5 Å². The third-order valence-corrected chi connectivity index (χ3v) is 4.23. The van der Waals surface area contributed by atoms with Crippen molar-refractivity contribution < 1.29 is 18.7 Å². The number of halogens is 1. The van der Waals surface area contributed by atoms with Gasteiger partial charge in [0.2, 0.25) is 5.91 Å². The predicted molar refractivity (Wildman–Crippen MR) is 86.3 cm³/mol. The molecule has 24 heavy (non-hydrogen) atoms. The maximum atomic E-state index is 14.6. The first-order valence-corrected chi connectivity index (χ1v) is 8.01. The molecule has 2 aliphatic heterocycles. The summed E-state index contributed by atoms with van der Waals surface area (Å²) >= 11 is 0. The highest BCUT2D eigenvalue weighted by Crippen LogP contribution is 2.27. The first-order valence-electron chi connectivity index (χ1n) is 8.01. The fourth-order valence-electron chi connectivity index (χ4n) is 3.08. The molecule has 2 amide bonds. The molecule has 1 aromatic rings. The van der Waals surface area contributed by atoms with Crippen molar-refractivity contribution in [3.63, 3.8) is 0 Å². The molecule has 0 spiro atoms. The standard InChI is InChI=1S/C16H21FN4O3/c1-10(22)20-15(14-9-19-16(23)24-14)11-2-3-13(12(17)8-11)21-6-4-18-5-7-21/h2-3,8,14-15,18H,4-7,9H2,1H3,(H,19,23)(H,20,22). The number of carbonyl (C=O) groups excluding carboxylic acids is 2. The Balaban J connectivity index is 1.83. The summed E-state index contributed by atoms with van der Waals surface area (Å²) in [7, 11) is 0. The van der Waals surface area contributed by atoms with Crippen LogP contribution in [0.4, 0.5) is 14.9 Å². The summed E-state index contributed by atoms with van der Waals surface area (Å²) in [5.41, 5.74) is 1.12. The number of nitrogens with zero attached hydrogens (tertiary/aromatic N) is 1. The van der Waals surface area contributed by atoms with E-state index in [1.54, 1.807) is 12.1 Å². The van der Waals surface area contributed by atoms with Gasteiger partial charge in [0.25, 0.3) is 0 Å². The zero-order valence-electron chi connectivity index (χ0n) is 13.5. The van der Waals surface area contributed by atoms with Gasteiger partial charge in [0.05, 0.1) is 18.3 Å². The lowest BCUT2D eigenvalue weighted by Gasteiger charge is -2.30. The van der Waals surface area contributed by atoms with E-state index in [4.69, 9.17) is 4.74 Å². The van der Waals surface area contributed by atoms with E-state index in [1.165, 1.54) is 13.0 Å². The number of carbonyl (C=O) groups is 2. The third kappa shape index (κ3) is 3.59. The highest BCUT2D eigenvalue weighted by atomic mass is 19.1. The fraction of sp³-hybridized carbons (Fsp3) is 0.500. The average molecular weight is 336 g/mol.